The van der Waals surface area contributed by atoms with Gasteiger partial charge in [0.1, 0.15) is 10.6 Å². The SMILES string of the molecule is COC(=O)c1c(NC(=O)CCN2C(=O)c3cccc([N+](=O)[O-])c3C2=O)sc2c1CC[C@H](C)C2. The van der Waals surface area contributed by atoms with E-state index in [0.29, 0.717) is 16.5 Å². The molecule has 1 atom stereocenters. The van der Waals surface area contributed by atoms with Crippen molar-refractivity contribution in [3.8, 4) is 0 Å². The van der Waals surface area contributed by atoms with Crippen LogP contribution in [0.4, 0.5) is 10.7 Å². The van der Waals surface area contributed by atoms with E-state index in [1.54, 1.807) is 0 Å². The van der Waals surface area contributed by atoms with E-state index < -0.39 is 34.3 Å². The topological polar surface area (TPSA) is 136 Å². The number of ether oxygens (including phenoxy) is 1. The molecular weight excluding hydrogens is 450 g/mol. The molecule has 11 heteroatoms. The third kappa shape index (κ3) is 3.99. The molecule has 33 heavy (non-hydrogen) atoms. The van der Waals surface area contributed by atoms with E-state index in [4.69, 9.17) is 4.74 Å². The number of hydrogen-bond acceptors (Lipinski definition) is 8. The van der Waals surface area contributed by atoms with Crippen LogP contribution in [0.25, 0.3) is 0 Å². The molecule has 0 bridgehead atoms. The molecule has 0 fully saturated rings. The summed E-state index contributed by atoms with van der Waals surface area (Å²) < 4.78 is 4.91. The zero-order valence-electron chi connectivity index (χ0n) is 18.0. The molecule has 0 radical (unpaired) electrons. The lowest BCUT2D eigenvalue weighted by atomic mass is 9.88. The fraction of sp³-hybridized carbons (Fsp3) is 0.364. The number of fused-ring (bicyclic) bond motifs is 2. The maximum absolute atomic E-state index is 12.7. The first-order chi connectivity index (χ1) is 15.7. The number of rotatable bonds is 6. The Bertz CT molecular complexity index is 1200. The first kappa shape index (κ1) is 22.6. The minimum absolute atomic E-state index is 0.0531. The van der Waals surface area contributed by atoms with E-state index in [9.17, 15) is 29.3 Å². The number of methoxy groups -OCH3 is 1. The van der Waals surface area contributed by atoms with Gasteiger partial charge in [0.05, 0.1) is 23.2 Å². The summed E-state index contributed by atoms with van der Waals surface area (Å²) in [6.45, 7) is 1.89. The number of nitrogens with zero attached hydrogens (tertiary/aromatic N) is 2. The molecule has 2 heterocycles. The lowest BCUT2D eigenvalue weighted by Gasteiger charge is -2.18. The van der Waals surface area contributed by atoms with E-state index in [1.165, 1.54) is 30.6 Å². The van der Waals surface area contributed by atoms with Crippen LogP contribution in [0.3, 0.4) is 0 Å². The zero-order chi connectivity index (χ0) is 23.9. The van der Waals surface area contributed by atoms with Gasteiger partial charge in [-0.05, 0) is 36.8 Å². The molecule has 1 aromatic heterocycles. The number of benzene rings is 1. The highest BCUT2D eigenvalue weighted by molar-refractivity contribution is 7.17. The number of carbonyl (C=O) groups is 4. The minimum atomic E-state index is -0.800. The Kier molecular flexibility index (Phi) is 5.98. The standard InChI is InChI=1S/C22H21N3O7S/c1-11-6-7-12-15(10-11)33-19(18(12)22(29)32-2)23-16(26)8-9-24-20(27)13-4-3-5-14(25(30)31)17(13)21(24)28/h3-5,11H,6-10H2,1-2H3,(H,23,26)/t11-/m0/s1. The second-order valence-electron chi connectivity index (χ2n) is 8.06. The number of carbonyl (C=O) groups excluding carboxylic acids is 4. The molecule has 2 aliphatic rings. The van der Waals surface area contributed by atoms with Crippen LogP contribution in [0, 0.1) is 16.0 Å². The van der Waals surface area contributed by atoms with Gasteiger partial charge in [-0.1, -0.05) is 13.0 Å². The highest BCUT2D eigenvalue weighted by atomic mass is 32.1. The van der Waals surface area contributed by atoms with Gasteiger partial charge in [0.25, 0.3) is 17.5 Å². The highest BCUT2D eigenvalue weighted by Gasteiger charge is 2.41. The lowest BCUT2D eigenvalue weighted by molar-refractivity contribution is -0.385. The molecule has 1 aliphatic heterocycles. The van der Waals surface area contributed by atoms with Gasteiger partial charge in [0.15, 0.2) is 0 Å². The summed E-state index contributed by atoms with van der Waals surface area (Å²) >= 11 is 1.34. The summed E-state index contributed by atoms with van der Waals surface area (Å²) in [5.41, 5.74) is 0.490. The number of nitrogens with one attached hydrogen (secondary N) is 1. The van der Waals surface area contributed by atoms with Gasteiger partial charge in [-0.25, -0.2) is 4.79 Å². The van der Waals surface area contributed by atoms with Gasteiger partial charge in [-0.3, -0.25) is 29.4 Å². The molecule has 10 nitrogen and oxygen atoms in total. The molecule has 3 amide bonds. The Morgan fingerprint density at radius 2 is 2.06 bits per heavy atom. The first-order valence-electron chi connectivity index (χ1n) is 10.4. The Morgan fingerprint density at radius 3 is 2.76 bits per heavy atom. The fourth-order valence-electron chi connectivity index (χ4n) is 4.23. The normalized spacial score (nSPS) is 16.9. The van der Waals surface area contributed by atoms with E-state index in [1.807, 2.05) is 0 Å². The molecule has 4 rings (SSSR count). The van der Waals surface area contributed by atoms with E-state index >= 15 is 0 Å². The molecule has 1 aromatic carbocycles. The molecule has 0 unspecified atom stereocenters. The second-order valence-corrected chi connectivity index (χ2v) is 9.17. The van der Waals surface area contributed by atoms with Crippen molar-refractivity contribution >= 4 is 45.7 Å². The number of anilines is 1. The number of nitro groups is 1. The zero-order valence-corrected chi connectivity index (χ0v) is 18.8. The minimum Gasteiger partial charge on any atom is -0.465 e. The van der Waals surface area contributed by atoms with Crippen LogP contribution in [0.5, 0.6) is 0 Å². The Labute approximate surface area is 192 Å². The van der Waals surface area contributed by atoms with Gasteiger partial charge < -0.3 is 10.1 Å². The van der Waals surface area contributed by atoms with E-state index in [2.05, 4.69) is 12.2 Å². The van der Waals surface area contributed by atoms with E-state index in [0.717, 1.165) is 40.7 Å². The van der Waals surface area contributed by atoms with Crippen molar-refractivity contribution < 1.29 is 28.8 Å². The molecule has 1 aliphatic carbocycles. The van der Waals surface area contributed by atoms with Gasteiger partial charge >= 0.3 is 5.97 Å². The summed E-state index contributed by atoms with van der Waals surface area (Å²) in [5.74, 6) is -2.01. The van der Waals surface area contributed by atoms with Crippen LogP contribution in [0.1, 0.15) is 61.3 Å². The summed E-state index contributed by atoms with van der Waals surface area (Å²) in [7, 11) is 1.28. The average molecular weight is 471 g/mol. The number of hydrogen-bond donors (Lipinski definition) is 1. The smallest absolute Gasteiger partial charge is 0.341 e. The van der Waals surface area contributed by atoms with Gasteiger partial charge in [-0.15, -0.1) is 11.3 Å². The Hall–Kier alpha value is -3.60. The Morgan fingerprint density at radius 1 is 1.30 bits per heavy atom. The summed E-state index contributed by atoms with van der Waals surface area (Å²) in [6.07, 6.45) is 2.25. The van der Waals surface area contributed by atoms with Gasteiger partial charge in [0.2, 0.25) is 5.91 Å². The monoisotopic (exact) mass is 471 g/mol. The van der Waals surface area contributed by atoms with Gasteiger partial charge in [-0.2, -0.15) is 0 Å². The van der Waals surface area contributed by atoms with Crippen molar-refractivity contribution in [3.63, 3.8) is 0 Å². The van der Waals surface area contributed by atoms with Crippen molar-refractivity contribution in [2.75, 3.05) is 19.0 Å². The van der Waals surface area contributed by atoms with Crippen molar-refractivity contribution in [3.05, 3.63) is 55.4 Å². The molecule has 2 aromatic rings. The molecule has 0 spiro atoms. The summed E-state index contributed by atoms with van der Waals surface area (Å²) in [5, 5.41) is 14.3. The molecule has 0 saturated heterocycles. The maximum atomic E-state index is 12.7. The predicted molar refractivity (Wildman–Crippen MR) is 119 cm³/mol. The number of thiophene rings is 1. The maximum Gasteiger partial charge on any atom is 0.341 e. The number of esters is 1. The summed E-state index contributed by atoms with van der Waals surface area (Å²) in [4.78, 5) is 62.7. The van der Waals surface area contributed by atoms with Crippen molar-refractivity contribution in [1.82, 2.24) is 4.90 Å². The molecule has 1 N–H and O–H groups in total. The lowest BCUT2D eigenvalue weighted by Crippen LogP contribution is -2.33. The average Bonchev–Trinajstić information content (AvgIpc) is 3.25. The second kappa shape index (κ2) is 8.74. The van der Waals surface area contributed by atoms with Gasteiger partial charge in [0, 0.05) is 23.9 Å². The number of nitro benzene ring substituents is 1. The van der Waals surface area contributed by atoms with Crippen LogP contribution in [-0.4, -0.2) is 47.2 Å². The van der Waals surface area contributed by atoms with Crippen LogP contribution < -0.4 is 5.32 Å². The molecule has 0 saturated carbocycles. The van der Waals surface area contributed by atoms with Crippen LogP contribution in [0.15, 0.2) is 18.2 Å². The predicted octanol–water partition coefficient (Wildman–Crippen LogP) is 3.19. The van der Waals surface area contributed by atoms with Crippen LogP contribution >= 0.6 is 11.3 Å². The van der Waals surface area contributed by atoms with Crippen molar-refractivity contribution in [2.45, 2.75) is 32.6 Å². The molecule has 172 valence electrons. The number of imide groups is 1. The molecular formula is C22H21N3O7S. The van der Waals surface area contributed by atoms with Crippen LogP contribution in [0.2, 0.25) is 0 Å². The van der Waals surface area contributed by atoms with Crippen LogP contribution in [-0.2, 0) is 22.4 Å². The highest BCUT2D eigenvalue weighted by Crippen LogP contribution is 2.40. The van der Waals surface area contributed by atoms with Crippen molar-refractivity contribution in [2.24, 2.45) is 5.92 Å². The van der Waals surface area contributed by atoms with E-state index in [-0.39, 0.29) is 24.1 Å². The van der Waals surface area contributed by atoms with Crippen molar-refractivity contribution in [1.29, 1.82) is 0 Å². The Balaban J connectivity index is 1.49. The quantitative estimate of drug-likeness (QED) is 0.296. The first-order valence-corrected chi connectivity index (χ1v) is 11.2. The summed E-state index contributed by atoms with van der Waals surface area (Å²) in [6, 6.07) is 3.85. The third-order valence-corrected chi connectivity index (χ3v) is 7.06. The fourth-order valence-corrected chi connectivity index (χ4v) is 5.65. The number of amides is 3. The largest absolute Gasteiger partial charge is 0.465 e. The third-order valence-electron chi connectivity index (χ3n) is 5.89.